The summed E-state index contributed by atoms with van der Waals surface area (Å²) in [6, 6.07) is 16.8. The zero-order chi connectivity index (χ0) is 10.3. The average Bonchev–Trinajstić information content (AvgIpc) is 2.63. The highest BCUT2D eigenvalue weighted by Crippen LogP contribution is 2.42. The molecule has 0 spiro atoms. The molecule has 0 N–H and O–H groups in total. The standard InChI is InChI=1S/C15H10/c1-2-11-12-7-3-5-9-14(12)15-10-6-4-8-13(11)15/h3-10H,1H2. The van der Waals surface area contributed by atoms with E-state index >= 15 is 0 Å². The van der Waals surface area contributed by atoms with Gasteiger partial charge in [-0.2, -0.15) is 0 Å². The van der Waals surface area contributed by atoms with Crippen molar-refractivity contribution in [2.45, 2.75) is 0 Å². The van der Waals surface area contributed by atoms with Crippen LogP contribution in [0, 0.1) is 0 Å². The monoisotopic (exact) mass is 190 g/mol. The Morgan fingerprint density at radius 2 is 1.07 bits per heavy atom. The van der Waals surface area contributed by atoms with E-state index in [1.807, 2.05) is 0 Å². The van der Waals surface area contributed by atoms with Gasteiger partial charge in [0.05, 0.1) is 0 Å². The number of hydrogen-bond acceptors (Lipinski definition) is 0. The van der Waals surface area contributed by atoms with Gasteiger partial charge in [-0.05, 0) is 22.3 Å². The quantitative estimate of drug-likeness (QED) is 0.472. The van der Waals surface area contributed by atoms with Gasteiger partial charge in [0.2, 0.25) is 0 Å². The average molecular weight is 190 g/mol. The summed E-state index contributed by atoms with van der Waals surface area (Å²) in [5.41, 5.74) is 9.24. The molecule has 0 atom stereocenters. The molecule has 0 nitrogen and oxygen atoms in total. The van der Waals surface area contributed by atoms with Crippen LogP contribution in [0.4, 0.5) is 0 Å². The van der Waals surface area contributed by atoms with Crippen LogP contribution < -0.4 is 0 Å². The third-order valence-corrected chi connectivity index (χ3v) is 2.86. The normalized spacial score (nSPS) is 11.9. The Balaban J connectivity index is 2.47. The smallest absolute Gasteiger partial charge is 0.0315 e. The van der Waals surface area contributed by atoms with Crippen LogP contribution in [0.5, 0.6) is 0 Å². The number of fused-ring (bicyclic) bond motifs is 3. The topological polar surface area (TPSA) is 0 Å². The molecule has 15 heavy (non-hydrogen) atoms. The molecule has 0 fully saturated rings. The molecular formula is C15H10. The van der Waals surface area contributed by atoms with Gasteiger partial charge in [0.15, 0.2) is 0 Å². The van der Waals surface area contributed by atoms with Gasteiger partial charge < -0.3 is 0 Å². The summed E-state index contributed by atoms with van der Waals surface area (Å²) in [5, 5.41) is 0. The Morgan fingerprint density at radius 3 is 1.47 bits per heavy atom. The van der Waals surface area contributed by atoms with Gasteiger partial charge in [0.1, 0.15) is 0 Å². The van der Waals surface area contributed by atoms with Crippen molar-refractivity contribution < 1.29 is 0 Å². The van der Waals surface area contributed by atoms with E-state index in [1.165, 1.54) is 22.3 Å². The molecule has 0 amide bonds. The Morgan fingerprint density at radius 1 is 0.667 bits per heavy atom. The summed E-state index contributed by atoms with van der Waals surface area (Å²) in [7, 11) is 0. The first kappa shape index (κ1) is 8.28. The molecule has 0 aliphatic heterocycles. The number of rotatable bonds is 0. The number of benzene rings is 2. The van der Waals surface area contributed by atoms with E-state index in [9.17, 15) is 0 Å². The van der Waals surface area contributed by atoms with Crippen molar-refractivity contribution in [1.29, 1.82) is 0 Å². The maximum absolute atomic E-state index is 3.78. The van der Waals surface area contributed by atoms with Gasteiger partial charge in [-0.3, -0.25) is 0 Å². The Kier molecular flexibility index (Phi) is 1.65. The van der Waals surface area contributed by atoms with Crippen LogP contribution in [0.15, 0.2) is 60.8 Å². The molecule has 1 aliphatic carbocycles. The lowest BCUT2D eigenvalue weighted by atomic mass is 10.1. The van der Waals surface area contributed by atoms with Crippen LogP contribution in [0.2, 0.25) is 0 Å². The lowest BCUT2D eigenvalue weighted by molar-refractivity contribution is 1.65. The van der Waals surface area contributed by atoms with Gasteiger partial charge in [-0.15, -0.1) is 5.73 Å². The molecule has 0 saturated carbocycles. The van der Waals surface area contributed by atoms with E-state index in [4.69, 9.17) is 0 Å². The third-order valence-electron chi connectivity index (χ3n) is 2.86. The summed E-state index contributed by atoms with van der Waals surface area (Å²) >= 11 is 0. The Labute approximate surface area is 89.2 Å². The summed E-state index contributed by atoms with van der Waals surface area (Å²) in [6.45, 7) is 3.78. The van der Waals surface area contributed by atoms with E-state index in [0.29, 0.717) is 0 Å². The fourth-order valence-corrected chi connectivity index (χ4v) is 2.21. The lowest BCUT2D eigenvalue weighted by Gasteiger charge is -1.97. The van der Waals surface area contributed by atoms with Crippen molar-refractivity contribution in [3.8, 4) is 11.1 Å². The SMILES string of the molecule is C=C=C1c2ccccc2-c2ccccc21. The van der Waals surface area contributed by atoms with E-state index in [1.54, 1.807) is 0 Å². The fraction of sp³-hybridized carbons (Fsp3) is 0. The Hall–Kier alpha value is -2.04. The second-order valence-corrected chi connectivity index (χ2v) is 3.64. The van der Waals surface area contributed by atoms with E-state index in [2.05, 4.69) is 60.8 Å². The molecule has 0 heteroatoms. The number of hydrogen-bond donors (Lipinski definition) is 0. The third kappa shape index (κ3) is 1.03. The first-order valence-corrected chi connectivity index (χ1v) is 5.01. The molecule has 1 aliphatic rings. The van der Waals surface area contributed by atoms with Crippen LogP contribution >= 0.6 is 0 Å². The largest absolute Gasteiger partial charge is 0.119 e. The second kappa shape index (κ2) is 2.98. The van der Waals surface area contributed by atoms with Crippen molar-refractivity contribution in [2.24, 2.45) is 0 Å². The van der Waals surface area contributed by atoms with Gasteiger partial charge in [0.25, 0.3) is 0 Å². The molecule has 3 rings (SSSR count). The maximum Gasteiger partial charge on any atom is 0.0315 e. The van der Waals surface area contributed by atoms with Crippen molar-refractivity contribution in [3.63, 3.8) is 0 Å². The molecule has 0 aromatic heterocycles. The molecule has 2 aromatic carbocycles. The van der Waals surface area contributed by atoms with Gasteiger partial charge in [-0.25, -0.2) is 0 Å². The predicted molar refractivity (Wildman–Crippen MR) is 63.5 cm³/mol. The van der Waals surface area contributed by atoms with Gasteiger partial charge in [0, 0.05) is 5.57 Å². The second-order valence-electron chi connectivity index (χ2n) is 3.64. The van der Waals surface area contributed by atoms with E-state index in [-0.39, 0.29) is 0 Å². The Bertz CT molecular complexity index is 537. The zero-order valence-electron chi connectivity index (χ0n) is 8.33. The van der Waals surface area contributed by atoms with Crippen LogP contribution in [-0.4, -0.2) is 0 Å². The first-order chi connectivity index (χ1) is 7.42. The molecule has 0 saturated heterocycles. The molecule has 0 unspecified atom stereocenters. The zero-order valence-corrected chi connectivity index (χ0v) is 8.33. The first-order valence-electron chi connectivity index (χ1n) is 5.01. The van der Waals surface area contributed by atoms with Crippen molar-refractivity contribution in [1.82, 2.24) is 0 Å². The molecule has 0 heterocycles. The van der Waals surface area contributed by atoms with Crippen molar-refractivity contribution in [3.05, 3.63) is 72.0 Å². The highest BCUT2D eigenvalue weighted by atomic mass is 14.2. The maximum atomic E-state index is 3.78. The molecular weight excluding hydrogens is 180 g/mol. The minimum Gasteiger partial charge on any atom is -0.119 e. The van der Waals surface area contributed by atoms with Crippen molar-refractivity contribution in [2.75, 3.05) is 0 Å². The van der Waals surface area contributed by atoms with Crippen LogP contribution in [0.25, 0.3) is 16.7 Å². The summed E-state index contributed by atoms with van der Waals surface area (Å²) in [5.74, 6) is 0. The molecule has 2 aromatic rings. The van der Waals surface area contributed by atoms with Crippen LogP contribution in [0.1, 0.15) is 11.1 Å². The van der Waals surface area contributed by atoms with E-state index in [0.717, 1.165) is 5.57 Å². The molecule has 0 radical (unpaired) electrons. The summed E-state index contributed by atoms with van der Waals surface area (Å²) in [6.07, 6.45) is 0. The summed E-state index contributed by atoms with van der Waals surface area (Å²) < 4.78 is 0. The predicted octanol–water partition coefficient (Wildman–Crippen LogP) is 3.88. The van der Waals surface area contributed by atoms with Crippen LogP contribution in [-0.2, 0) is 0 Å². The highest BCUT2D eigenvalue weighted by Gasteiger charge is 2.21. The molecule has 0 bridgehead atoms. The van der Waals surface area contributed by atoms with Crippen LogP contribution in [0.3, 0.4) is 0 Å². The highest BCUT2D eigenvalue weighted by molar-refractivity contribution is 6.00. The minimum atomic E-state index is 1.13. The minimum absolute atomic E-state index is 1.13. The van der Waals surface area contributed by atoms with Gasteiger partial charge >= 0.3 is 0 Å². The fourth-order valence-electron chi connectivity index (χ4n) is 2.21. The lowest BCUT2D eigenvalue weighted by Crippen LogP contribution is -1.76. The van der Waals surface area contributed by atoms with Gasteiger partial charge in [-0.1, -0.05) is 55.1 Å². The van der Waals surface area contributed by atoms with Crippen molar-refractivity contribution >= 4 is 5.57 Å². The van der Waals surface area contributed by atoms with E-state index < -0.39 is 0 Å². The summed E-state index contributed by atoms with van der Waals surface area (Å²) in [4.78, 5) is 0. The molecule has 70 valence electrons.